The van der Waals surface area contributed by atoms with Crippen LogP contribution in [0.4, 0.5) is 0 Å². The van der Waals surface area contributed by atoms with Crippen molar-refractivity contribution in [3.05, 3.63) is 29.8 Å². The van der Waals surface area contributed by atoms with Crippen molar-refractivity contribution in [1.29, 1.82) is 0 Å². The van der Waals surface area contributed by atoms with Gasteiger partial charge >= 0.3 is 10.4 Å². The fourth-order valence-corrected chi connectivity index (χ4v) is 2.10. The second-order valence-electron chi connectivity index (χ2n) is 5.15. The van der Waals surface area contributed by atoms with E-state index in [4.69, 9.17) is 27.4 Å². The van der Waals surface area contributed by atoms with Gasteiger partial charge in [0.15, 0.2) is 0 Å². The molecule has 0 spiro atoms. The molecular formula is C16H28O6S. The Morgan fingerprint density at radius 2 is 1.57 bits per heavy atom. The van der Waals surface area contributed by atoms with Crippen LogP contribution in [0.3, 0.4) is 0 Å². The summed E-state index contributed by atoms with van der Waals surface area (Å²) in [6.07, 6.45) is 8.96. The highest BCUT2D eigenvalue weighted by Crippen LogP contribution is 2.20. The van der Waals surface area contributed by atoms with Crippen molar-refractivity contribution in [2.75, 3.05) is 13.2 Å². The van der Waals surface area contributed by atoms with Gasteiger partial charge in [-0.2, -0.15) is 8.42 Å². The van der Waals surface area contributed by atoms with Crippen LogP contribution >= 0.6 is 0 Å². The number of benzene rings is 1. The molecule has 0 saturated carbocycles. The summed E-state index contributed by atoms with van der Waals surface area (Å²) in [5.41, 5.74) is 1.27. The van der Waals surface area contributed by atoms with Gasteiger partial charge in [-0.1, -0.05) is 57.2 Å². The Hall–Kier alpha value is -1.15. The first kappa shape index (κ1) is 21.9. The van der Waals surface area contributed by atoms with Crippen LogP contribution in [-0.4, -0.2) is 35.8 Å². The molecule has 3 N–H and O–H groups in total. The summed E-state index contributed by atoms with van der Waals surface area (Å²) in [5, 5.41) is 8.79. The molecule has 0 aromatic heterocycles. The second-order valence-corrected chi connectivity index (χ2v) is 6.04. The normalized spacial score (nSPS) is 10.8. The van der Waals surface area contributed by atoms with E-state index in [0.29, 0.717) is 6.61 Å². The van der Waals surface area contributed by atoms with E-state index in [1.165, 1.54) is 44.1 Å². The zero-order valence-corrected chi connectivity index (χ0v) is 14.5. The lowest BCUT2D eigenvalue weighted by atomic mass is 10.0. The lowest BCUT2D eigenvalue weighted by Gasteiger charge is -2.10. The molecule has 0 fully saturated rings. The number of aliphatic hydroxyl groups is 1. The molecule has 134 valence electrons. The van der Waals surface area contributed by atoms with Gasteiger partial charge in [0.2, 0.25) is 0 Å². The highest BCUT2D eigenvalue weighted by Gasteiger charge is 2.02. The molecule has 0 bridgehead atoms. The topological polar surface area (TPSA) is 104 Å². The van der Waals surface area contributed by atoms with Crippen molar-refractivity contribution < 1.29 is 27.4 Å². The molecule has 0 unspecified atom stereocenters. The van der Waals surface area contributed by atoms with Gasteiger partial charge in [0.1, 0.15) is 12.4 Å². The Morgan fingerprint density at radius 3 is 2.17 bits per heavy atom. The molecule has 0 aliphatic carbocycles. The molecule has 0 aliphatic rings. The van der Waals surface area contributed by atoms with Gasteiger partial charge in [-0.25, -0.2) is 0 Å². The molecule has 1 rings (SSSR count). The number of hydrogen-bond donors (Lipinski definition) is 3. The summed E-state index contributed by atoms with van der Waals surface area (Å²) < 4.78 is 37.1. The molecular weight excluding hydrogens is 320 g/mol. The van der Waals surface area contributed by atoms with E-state index in [1.807, 2.05) is 12.1 Å². The molecule has 0 atom stereocenters. The van der Waals surface area contributed by atoms with Crippen LogP contribution in [0, 0.1) is 0 Å². The van der Waals surface area contributed by atoms with E-state index >= 15 is 0 Å². The van der Waals surface area contributed by atoms with Gasteiger partial charge in [0.05, 0.1) is 6.61 Å². The van der Waals surface area contributed by atoms with Gasteiger partial charge in [-0.3, -0.25) is 9.11 Å². The quantitative estimate of drug-likeness (QED) is 0.443. The van der Waals surface area contributed by atoms with Gasteiger partial charge in [0, 0.05) is 0 Å². The van der Waals surface area contributed by atoms with Crippen molar-refractivity contribution in [1.82, 2.24) is 0 Å². The van der Waals surface area contributed by atoms with Crippen LogP contribution in [0.15, 0.2) is 24.3 Å². The highest BCUT2D eigenvalue weighted by atomic mass is 32.3. The van der Waals surface area contributed by atoms with Crippen LogP contribution in [0.2, 0.25) is 0 Å². The Kier molecular flexibility index (Phi) is 12.6. The average molecular weight is 348 g/mol. The predicted octanol–water partition coefficient (Wildman–Crippen LogP) is 3.31. The fourth-order valence-electron chi connectivity index (χ4n) is 2.10. The zero-order valence-electron chi connectivity index (χ0n) is 13.6. The Labute approximate surface area is 139 Å². The fraction of sp³-hybridized carbons (Fsp3) is 0.625. The second kappa shape index (κ2) is 13.3. The van der Waals surface area contributed by atoms with E-state index in [1.54, 1.807) is 0 Å². The van der Waals surface area contributed by atoms with E-state index in [0.717, 1.165) is 12.2 Å². The largest absolute Gasteiger partial charge is 0.491 e. The minimum absolute atomic E-state index is 0.0748. The standard InChI is InChI=1S/C16H26O2.H2O4S/c1-2-3-4-5-6-7-10-15-11-8-9-12-16(15)18-14-13-17;1-5(2,3)4/h8-9,11-12,17H,2-7,10,13-14H2,1H3;(H2,1,2,3,4). The first-order chi connectivity index (χ1) is 10.9. The minimum atomic E-state index is -4.67. The molecule has 1 aromatic rings. The minimum Gasteiger partial charge on any atom is -0.491 e. The van der Waals surface area contributed by atoms with Crippen LogP contribution in [0.1, 0.15) is 51.0 Å². The number of unbranched alkanes of at least 4 members (excludes halogenated alkanes) is 5. The van der Waals surface area contributed by atoms with Gasteiger partial charge in [-0.05, 0) is 24.5 Å². The highest BCUT2D eigenvalue weighted by molar-refractivity contribution is 7.79. The SMILES string of the molecule is CCCCCCCCc1ccccc1OCCO.O=S(=O)(O)O. The first-order valence-electron chi connectivity index (χ1n) is 7.90. The number of rotatable bonds is 10. The number of aryl methyl sites for hydroxylation is 1. The monoisotopic (exact) mass is 348 g/mol. The summed E-state index contributed by atoms with van der Waals surface area (Å²) in [5.74, 6) is 0.931. The number of hydrogen-bond acceptors (Lipinski definition) is 4. The molecule has 23 heavy (non-hydrogen) atoms. The van der Waals surface area contributed by atoms with Crippen molar-refractivity contribution in [3.8, 4) is 5.75 Å². The van der Waals surface area contributed by atoms with E-state index in [-0.39, 0.29) is 6.61 Å². The van der Waals surface area contributed by atoms with Crippen molar-refractivity contribution in [2.24, 2.45) is 0 Å². The van der Waals surface area contributed by atoms with E-state index < -0.39 is 10.4 Å². The summed E-state index contributed by atoms with van der Waals surface area (Å²) in [4.78, 5) is 0. The lowest BCUT2D eigenvalue weighted by molar-refractivity contribution is 0.200. The third-order valence-electron chi connectivity index (χ3n) is 3.12. The number of para-hydroxylation sites is 1. The van der Waals surface area contributed by atoms with E-state index in [9.17, 15) is 0 Å². The molecule has 6 nitrogen and oxygen atoms in total. The predicted molar refractivity (Wildman–Crippen MR) is 90.3 cm³/mol. The molecule has 0 radical (unpaired) electrons. The van der Waals surface area contributed by atoms with Crippen molar-refractivity contribution in [2.45, 2.75) is 51.9 Å². The van der Waals surface area contributed by atoms with Crippen LogP contribution in [0.5, 0.6) is 5.75 Å². The maximum atomic E-state index is 8.79. The molecule has 0 saturated heterocycles. The first-order valence-corrected chi connectivity index (χ1v) is 9.29. The zero-order chi connectivity index (χ0) is 17.6. The maximum absolute atomic E-state index is 8.79. The van der Waals surface area contributed by atoms with Crippen molar-refractivity contribution in [3.63, 3.8) is 0 Å². The molecule has 0 aliphatic heterocycles. The lowest BCUT2D eigenvalue weighted by Crippen LogP contribution is -2.03. The van der Waals surface area contributed by atoms with Crippen LogP contribution in [0.25, 0.3) is 0 Å². The van der Waals surface area contributed by atoms with Gasteiger partial charge in [0.25, 0.3) is 0 Å². The Morgan fingerprint density at radius 1 is 1.00 bits per heavy atom. The molecule has 0 amide bonds. The summed E-state index contributed by atoms with van der Waals surface area (Å²) in [7, 11) is -4.67. The average Bonchev–Trinajstić information content (AvgIpc) is 2.48. The third kappa shape index (κ3) is 15.5. The summed E-state index contributed by atoms with van der Waals surface area (Å²) in [6, 6.07) is 8.15. The van der Waals surface area contributed by atoms with E-state index in [2.05, 4.69) is 19.1 Å². The molecule has 1 aromatic carbocycles. The van der Waals surface area contributed by atoms with Crippen molar-refractivity contribution >= 4 is 10.4 Å². The van der Waals surface area contributed by atoms with Crippen LogP contribution < -0.4 is 4.74 Å². The summed E-state index contributed by atoms with van der Waals surface area (Å²) >= 11 is 0. The van der Waals surface area contributed by atoms with Gasteiger partial charge in [-0.15, -0.1) is 0 Å². The van der Waals surface area contributed by atoms with Crippen LogP contribution in [-0.2, 0) is 16.8 Å². The third-order valence-corrected chi connectivity index (χ3v) is 3.12. The Balaban J connectivity index is 0.000000841. The Bertz CT molecular complexity index is 493. The maximum Gasteiger partial charge on any atom is 0.394 e. The molecule has 7 heteroatoms. The molecule has 0 heterocycles. The van der Waals surface area contributed by atoms with Gasteiger partial charge < -0.3 is 9.84 Å². The number of aliphatic hydroxyl groups excluding tert-OH is 1. The smallest absolute Gasteiger partial charge is 0.394 e. The number of ether oxygens (including phenoxy) is 1. The summed E-state index contributed by atoms with van der Waals surface area (Å²) in [6.45, 7) is 2.70.